The second kappa shape index (κ2) is 16.8. The Morgan fingerprint density at radius 2 is 0.913 bits per heavy atom. The molecule has 1 heteroatoms. The molecule has 0 aromatic heterocycles. The van der Waals surface area contributed by atoms with Crippen LogP contribution in [0.2, 0.25) is 0 Å². The van der Waals surface area contributed by atoms with Crippen molar-refractivity contribution in [3.8, 4) is 0 Å². The number of hydrogen-bond donors (Lipinski definition) is 0. The molecule has 140 valence electrons. The third kappa shape index (κ3) is 18.1. The molecule has 0 saturated carbocycles. The highest BCUT2D eigenvalue weighted by atomic mass is 16.5. The lowest BCUT2D eigenvalue weighted by Gasteiger charge is -2.25. The Hall–Kier alpha value is -0.0400. The minimum Gasteiger partial charge on any atom is -0.376 e. The molecular formula is C22H46O. The molecule has 0 atom stereocenters. The fourth-order valence-corrected chi connectivity index (χ4v) is 3.16. The van der Waals surface area contributed by atoms with Gasteiger partial charge in [0.15, 0.2) is 0 Å². The zero-order chi connectivity index (χ0) is 17.2. The molecular weight excluding hydrogens is 280 g/mol. The largest absolute Gasteiger partial charge is 0.376 e. The van der Waals surface area contributed by atoms with Gasteiger partial charge in [-0.3, -0.25) is 0 Å². The lowest BCUT2D eigenvalue weighted by molar-refractivity contribution is -0.0266. The van der Waals surface area contributed by atoms with Gasteiger partial charge in [-0.1, -0.05) is 104 Å². The average Bonchev–Trinajstić information content (AvgIpc) is 2.52. The van der Waals surface area contributed by atoms with Crippen LogP contribution in [0.1, 0.15) is 130 Å². The van der Waals surface area contributed by atoms with Gasteiger partial charge in [0.1, 0.15) is 0 Å². The quantitative estimate of drug-likeness (QED) is 0.231. The molecule has 0 heterocycles. The van der Waals surface area contributed by atoms with Crippen LogP contribution in [0.25, 0.3) is 0 Å². The summed E-state index contributed by atoms with van der Waals surface area (Å²) in [4.78, 5) is 0. The van der Waals surface area contributed by atoms with Crippen LogP contribution in [0.3, 0.4) is 0 Å². The Kier molecular flexibility index (Phi) is 16.8. The third-order valence-electron chi connectivity index (χ3n) is 4.87. The molecule has 0 bridgehead atoms. The molecule has 0 saturated heterocycles. The first kappa shape index (κ1) is 23.0. The van der Waals surface area contributed by atoms with Gasteiger partial charge >= 0.3 is 0 Å². The minimum absolute atomic E-state index is 0.0878. The summed E-state index contributed by atoms with van der Waals surface area (Å²) in [5.41, 5.74) is 0.0878. The molecule has 0 aromatic carbocycles. The maximum absolute atomic E-state index is 6.12. The van der Waals surface area contributed by atoms with E-state index in [1.165, 1.54) is 103 Å². The highest BCUT2D eigenvalue weighted by molar-refractivity contribution is 4.68. The van der Waals surface area contributed by atoms with Crippen molar-refractivity contribution in [2.45, 2.75) is 136 Å². The molecule has 23 heavy (non-hydrogen) atoms. The van der Waals surface area contributed by atoms with E-state index in [1.54, 1.807) is 0 Å². The number of ether oxygens (including phenoxy) is 1. The number of hydrogen-bond acceptors (Lipinski definition) is 1. The van der Waals surface area contributed by atoms with Crippen molar-refractivity contribution in [2.24, 2.45) is 0 Å². The van der Waals surface area contributed by atoms with Crippen molar-refractivity contribution in [3.05, 3.63) is 0 Å². The third-order valence-corrected chi connectivity index (χ3v) is 4.87. The maximum atomic E-state index is 6.12. The van der Waals surface area contributed by atoms with Gasteiger partial charge in [-0.15, -0.1) is 0 Å². The molecule has 0 N–H and O–H groups in total. The van der Waals surface area contributed by atoms with Crippen molar-refractivity contribution in [2.75, 3.05) is 6.61 Å². The fourth-order valence-electron chi connectivity index (χ4n) is 3.16. The second-order valence-corrected chi connectivity index (χ2v) is 7.95. The van der Waals surface area contributed by atoms with E-state index in [0.29, 0.717) is 0 Å². The van der Waals surface area contributed by atoms with Crippen molar-refractivity contribution < 1.29 is 4.74 Å². The topological polar surface area (TPSA) is 9.23 Å². The lowest BCUT2D eigenvalue weighted by Crippen LogP contribution is -2.24. The van der Waals surface area contributed by atoms with Gasteiger partial charge in [0, 0.05) is 6.61 Å². The van der Waals surface area contributed by atoms with Crippen LogP contribution in [0.15, 0.2) is 0 Å². The van der Waals surface area contributed by atoms with E-state index < -0.39 is 0 Å². The summed E-state index contributed by atoms with van der Waals surface area (Å²) < 4.78 is 6.12. The Morgan fingerprint density at radius 1 is 0.522 bits per heavy atom. The standard InChI is InChI=1S/C22H46O/c1-5-7-9-11-13-15-17-19-21-23-22(3,4)20-18-16-14-12-10-8-6-2/h5-21H2,1-4H3. The van der Waals surface area contributed by atoms with E-state index in [1.807, 2.05) is 0 Å². The van der Waals surface area contributed by atoms with Crippen molar-refractivity contribution in [1.82, 2.24) is 0 Å². The average molecular weight is 327 g/mol. The van der Waals surface area contributed by atoms with E-state index >= 15 is 0 Å². The van der Waals surface area contributed by atoms with Gasteiger partial charge in [-0.25, -0.2) is 0 Å². The SMILES string of the molecule is CCCCCCCCCCOC(C)(C)CCCCCCCCC. The Morgan fingerprint density at radius 3 is 1.39 bits per heavy atom. The highest BCUT2D eigenvalue weighted by Gasteiger charge is 2.17. The van der Waals surface area contributed by atoms with Crippen molar-refractivity contribution in [1.29, 1.82) is 0 Å². The Labute approximate surface area is 148 Å². The van der Waals surface area contributed by atoms with Gasteiger partial charge in [-0.05, 0) is 26.7 Å². The predicted octanol–water partition coefficient (Wildman–Crippen LogP) is 8.06. The smallest absolute Gasteiger partial charge is 0.0626 e. The van der Waals surface area contributed by atoms with E-state index in [4.69, 9.17) is 4.74 Å². The van der Waals surface area contributed by atoms with Crippen LogP contribution in [0.5, 0.6) is 0 Å². The first-order valence-corrected chi connectivity index (χ1v) is 10.8. The summed E-state index contributed by atoms with van der Waals surface area (Å²) in [5, 5.41) is 0. The first-order valence-electron chi connectivity index (χ1n) is 10.8. The van der Waals surface area contributed by atoms with E-state index in [2.05, 4.69) is 27.7 Å². The van der Waals surface area contributed by atoms with Crippen molar-refractivity contribution in [3.63, 3.8) is 0 Å². The van der Waals surface area contributed by atoms with E-state index in [9.17, 15) is 0 Å². The fraction of sp³-hybridized carbons (Fsp3) is 1.00. The molecule has 0 aliphatic carbocycles. The normalized spacial score (nSPS) is 12.0. The summed E-state index contributed by atoms with van der Waals surface area (Å²) >= 11 is 0. The molecule has 0 aliphatic rings. The number of unbranched alkanes of at least 4 members (excludes halogenated alkanes) is 13. The van der Waals surface area contributed by atoms with E-state index in [0.717, 1.165) is 6.61 Å². The summed E-state index contributed by atoms with van der Waals surface area (Å²) in [6.45, 7) is 10.1. The van der Waals surface area contributed by atoms with Crippen LogP contribution < -0.4 is 0 Å². The molecule has 0 rings (SSSR count). The summed E-state index contributed by atoms with van der Waals surface area (Å²) in [5.74, 6) is 0. The molecule has 0 fully saturated rings. The van der Waals surface area contributed by atoms with E-state index in [-0.39, 0.29) is 5.60 Å². The zero-order valence-corrected chi connectivity index (χ0v) is 16.9. The summed E-state index contributed by atoms with van der Waals surface area (Å²) in [6.07, 6.45) is 22.0. The first-order chi connectivity index (χ1) is 11.1. The summed E-state index contributed by atoms with van der Waals surface area (Å²) in [6, 6.07) is 0. The van der Waals surface area contributed by atoms with Gasteiger partial charge < -0.3 is 4.74 Å². The monoisotopic (exact) mass is 326 g/mol. The Balaban J connectivity index is 3.33. The minimum atomic E-state index is 0.0878. The Bertz CT molecular complexity index is 222. The van der Waals surface area contributed by atoms with Crippen LogP contribution in [-0.2, 0) is 4.74 Å². The van der Waals surface area contributed by atoms with Crippen LogP contribution in [0.4, 0.5) is 0 Å². The van der Waals surface area contributed by atoms with Crippen LogP contribution >= 0.6 is 0 Å². The molecule has 0 radical (unpaired) electrons. The molecule has 1 nitrogen and oxygen atoms in total. The summed E-state index contributed by atoms with van der Waals surface area (Å²) in [7, 11) is 0. The van der Waals surface area contributed by atoms with Crippen LogP contribution in [0, 0.1) is 0 Å². The second-order valence-electron chi connectivity index (χ2n) is 7.95. The molecule has 0 aromatic rings. The number of rotatable bonds is 18. The van der Waals surface area contributed by atoms with Gasteiger partial charge in [0.25, 0.3) is 0 Å². The maximum Gasteiger partial charge on any atom is 0.0626 e. The van der Waals surface area contributed by atoms with Gasteiger partial charge in [0.05, 0.1) is 5.60 Å². The lowest BCUT2D eigenvalue weighted by atomic mass is 9.99. The molecule has 0 aliphatic heterocycles. The van der Waals surface area contributed by atoms with Gasteiger partial charge in [0.2, 0.25) is 0 Å². The molecule has 0 spiro atoms. The zero-order valence-electron chi connectivity index (χ0n) is 16.9. The van der Waals surface area contributed by atoms with Crippen LogP contribution in [-0.4, -0.2) is 12.2 Å². The van der Waals surface area contributed by atoms with Crippen molar-refractivity contribution >= 4 is 0 Å². The van der Waals surface area contributed by atoms with Gasteiger partial charge in [-0.2, -0.15) is 0 Å². The predicted molar refractivity (Wildman–Crippen MR) is 105 cm³/mol. The molecule has 0 amide bonds. The molecule has 0 unspecified atom stereocenters. The highest BCUT2D eigenvalue weighted by Crippen LogP contribution is 2.20.